The van der Waals surface area contributed by atoms with Crippen molar-refractivity contribution in [3.05, 3.63) is 76.7 Å². The summed E-state index contributed by atoms with van der Waals surface area (Å²) in [5.41, 5.74) is 2.18. The van der Waals surface area contributed by atoms with Crippen LogP contribution >= 0.6 is 15.9 Å². The smallest absolute Gasteiger partial charge is 0.220 e. The Labute approximate surface area is 191 Å². The van der Waals surface area contributed by atoms with Gasteiger partial charge in [0.2, 0.25) is 5.91 Å². The second-order valence-electron chi connectivity index (χ2n) is 8.02. The number of carbonyl (C=O) groups is 1. The topological polar surface area (TPSA) is 64.4 Å². The van der Waals surface area contributed by atoms with Gasteiger partial charge in [0.25, 0.3) is 0 Å². The van der Waals surface area contributed by atoms with Crippen molar-refractivity contribution in [3.8, 4) is 11.3 Å². The van der Waals surface area contributed by atoms with E-state index in [9.17, 15) is 4.79 Å². The minimum Gasteiger partial charge on any atom is -0.441 e. The van der Waals surface area contributed by atoms with Crippen molar-refractivity contribution in [2.45, 2.75) is 37.5 Å². The molecule has 0 unspecified atom stereocenters. The van der Waals surface area contributed by atoms with Crippen molar-refractivity contribution in [3.63, 3.8) is 0 Å². The third-order valence-electron chi connectivity index (χ3n) is 5.92. The third-order valence-corrected chi connectivity index (χ3v) is 6.41. The van der Waals surface area contributed by atoms with Gasteiger partial charge in [-0.05, 0) is 37.0 Å². The van der Waals surface area contributed by atoms with Gasteiger partial charge in [-0.15, -0.1) is 0 Å². The predicted molar refractivity (Wildman–Crippen MR) is 124 cm³/mol. The van der Waals surface area contributed by atoms with Crippen LogP contribution in [0, 0.1) is 0 Å². The van der Waals surface area contributed by atoms with Crippen molar-refractivity contribution in [2.24, 2.45) is 0 Å². The lowest BCUT2D eigenvalue weighted by molar-refractivity contribution is -0.121. The van der Waals surface area contributed by atoms with Crippen LogP contribution in [0.15, 0.2) is 69.7 Å². The monoisotopic (exact) mass is 482 g/mol. The standard InChI is InChI=1S/C25H27BrN2O3/c26-21-9-4-8-20(16-21)25(12-14-30-15-13-25)18-28-23(29)10-5-11-24-27-17-22(31-24)19-6-2-1-3-7-19/h1-4,6-9,16-17H,5,10-15,18H2,(H,28,29). The van der Waals surface area contributed by atoms with E-state index in [2.05, 4.69) is 44.4 Å². The summed E-state index contributed by atoms with van der Waals surface area (Å²) in [6, 6.07) is 18.3. The van der Waals surface area contributed by atoms with Crippen molar-refractivity contribution in [1.29, 1.82) is 0 Å². The molecule has 0 spiro atoms. The highest BCUT2D eigenvalue weighted by Crippen LogP contribution is 2.35. The Kier molecular flexibility index (Phi) is 7.20. The number of ether oxygens (including phenoxy) is 1. The Morgan fingerprint density at radius 1 is 1.10 bits per heavy atom. The fourth-order valence-corrected chi connectivity index (χ4v) is 4.47. The molecular weight excluding hydrogens is 456 g/mol. The summed E-state index contributed by atoms with van der Waals surface area (Å²) in [4.78, 5) is 16.9. The number of rotatable bonds is 8. The number of amides is 1. The number of nitrogens with one attached hydrogen (secondary N) is 1. The predicted octanol–water partition coefficient (Wildman–Crippen LogP) is 5.29. The fraction of sp³-hybridized carbons (Fsp3) is 0.360. The lowest BCUT2D eigenvalue weighted by Gasteiger charge is -2.38. The molecule has 1 N–H and O–H groups in total. The summed E-state index contributed by atoms with van der Waals surface area (Å²) in [5, 5.41) is 3.17. The fourth-order valence-electron chi connectivity index (χ4n) is 4.07. The van der Waals surface area contributed by atoms with Gasteiger partial charge in [-0.1, -0.05) is 58.4 Å². The van der Waals surface area contributed by atoms with E-state index >= 15 is 0 Å². The lowest BCUT2D eigenvalue weighted by Crippen LogP contribution is -2.44. The van der Waals surface area contributed by atoms with Crippen molar-refractivity contribution < 1.29 is 13.9 Å². The van der Waals surface area contributed by atoms with Gasteiger partial charge in [0.15, 0.2) is 11.7 Å². The number of carbonyl (C=O) groups excluding carboxylic acids is 1. The molecule has 0 radical (unpaired) electrons. The Bertz CT molecular complexity index is 997. The minimum absolute atomic E-state index is 0.0655. The second-order valence-corrected chi connectivity index (χ2v) is 8.93. The first-order valence-corrected chi connectivity index (χ1v) is 11.5. The van der Waals surface area contributed by atoms with E-state index in [4.69, 9.17) is 9.15 Å². The Balaban J connectivity index is 1.29. The average Bonchev–Trinajstić information content (AvgIpc) is 3.28. The van der Waals surface area contributed by atoms with Gasteiger partial charge in [0.05, 0.1) is 6.20 Å². The van der Waals surface area contributed by atoms with Gasteiger partial charge in [-0.3, -0.25) is 4.79 Å². The number of aromatic nitrogens is 1. The Morgan fingerprint density at radius 3 is 2.68 bits per heavy atom. The van der Waals surface area contributed by atoms with Crippen molar-refractivity contribution in [2.75, 3.05) is 19.8 Å². The Hall–Kier alpha value is -2.44. The number of oxazole rings is 1. The van der Waals surface area contributed by atoms with E-state index in [-0.39, 0.29) is 11.3 Å². The molecule has 3 aromatic rings. The number of aryl methyl sites for hydroxylation is 1. The van der Waals surface area contributed by atoms with Gasteiger partial charge in [0, 0.05) is 48.1 Å². The maximum atomic E-state index is 12.5. The molecule has 1 amide bonds. The molecule has 1 saturated heterocycles. The zero-order valence-corrected chi connectivity index (χ0v) is 19.1. The molecule has 0 bridgehead atoms. The molecule has 6 heteroatoms. The normalized spacial score (nSPS) is 15.5. The second kappa shape index (κ2) is 10.2. The van der Waals surface area contributed by atoms with Crippen LogP contribution in [0.25, 0.3) is 11.3 Å². The number of hydrogen-bond donors (Lipinski definition) is 1. The summed E-state index contributed by atoms with van der Waals surface area (Å²) in [5.74, 6) is 1.49. The molecule has 0 aliphatic carbocycles. The molecular formula is C25H27BrN2O3. The maximum Gasteiger partial charge on any atom is 0.220 e. The first kappa shape index (κ1) is 21.8. The number of benzene rings is 2. The molecule has 1 fully saturated rings. The van der Waals surface area contributed by atoms with Gasteiger partial charge < -0.3 is 14.5 Å². The highest BCUT2D eigenvalue weighted by atomic mass is 79.9. The van der Waals surface area contributed by atoms with Gasteiger partial charge >= 0.3 is 0 Å². The summed E-state index contributed by atoms with van der Waals surface area (Å²) < 4.78 is 12.5. The van der Waals surface area contributed by atoms with Crippen LogP contribution in [0.5, 0.6) is 0 Å². The third kappa shape index (κ3) is 5.63. The van der Waals surface area contributed by atoms with E-state index in [0.29, 0.717) is 31.7 Å². The quantitative estimate of drug-likeness (QED) is 0.473. The van der Waals surface area contributed by atoms with E-state index in [1.54, 1.807) is 6.20 Å². The van der Waals surface area contributed by atoms with Crippen LogP contribution in [0.1, 0.15) is 37.1 Å². The van der Waals surface area contributed by atoms with E-state index < -0.39 is 0 Å². The lowest BCUT2D eigenvalue weighted by atomic mass is 9.74. The molecule has 2 heterocycles. The SMILES string of the molecule is O=C(CCCc1ncc(-c2ccccc2)o1)NCC1(c2cccc(Br)c2)CCOCC1. The maximum absolute atomic E-state index is 12.5. The van der Waals surface area contributed by atoms with Crippen LogP contribution in [-0.2, 0) is 21.4 Å². The molecule has 2 aromatic carbocycles. The molecule has 0 saturated carbocycles. The first-order chi connectivity index (χ1) is 15.1. The van der Waals surface area contributed by atoms with Gasteiger partial charge in [-0.2, -0.15) is 0 Å². The van der Waals surface area contributed by atoms with Crippen LogP contribution in [-0.4, -0.2) is 30.6 Å². The minimum atomic E-state index is -0.0785. The van der Waals surface area contributed by atoms with E-state index in [1.807, 2.05) is 36.4 Å². The molecule has 1 aliphatic rings. The highest BCUT2D eigenvalue weighted by Gasteiger charge is 2.34. The Morgan fingerprint density at radius 2 is 1.90 bits per heavy atom. The van der Waals surface area contributed by atoms with E-state index in [0.717, 1.165) is 41.9 Å². The first-order valence-electron chi connectivity index (χ1n) is 10.8. The van der Waals surface area contributed by atoms with E-state index in [1.165, 1.54) is 5.56 Å². The van der Waals surface area contributed by atoms with Gasteiger partial charge in [0.1, 0.15) is 0 Å². The van der Waals surface area contributed by atoms with Gasteiger partial charge in [-0.25, -0.2) is 4.98 Å². The van der Waals surface area contributed by atoms with Crippen molar-refractivity contribution >= 4 is 21.8 Å². The highest BCUT2D eigenvalue weighted by molar-refractivity contribution is 9.10. The molecule has 31 heavy (non-hydrogen) atoms. The molecule has 1 aromatic heterocycles. The molecule has 162 valence electrons. The van der Waals surface area contributed by atoms with Crippen molar-refractivity contribution in [1.82, 2.24) is 10.3 Å². The van der Waals surface area contributed by atoms with Crippen LogP contribution in [0.4, 0.5) is 0 Å². The molecule has 0 atom stereocenters. The number of hydrogen-bond acceptors (Lipinski definition) is 4. The molecule has 1 aliphatic heterocycles. The average molecular weight is 483 g/mol. The largest absolute Gasteiger partial charge is 0.441 e. The van der Waals surface area contributed by atoms with Crippen LogP contribution < -0.4 is 5.32 Å². The molecule has 5 nitrogen and oxygen atoms in total. The summed E-state index contributed by atoms with van der Waals surface area (Å²) >= 11 is 3.57. The number of nitrogens with zero attached hydrogens (tertiary/aromatic N) is 1. The van der Waals surface area contributed by atoms with Crippen LogP contribution in [0.3, 0.4) is 0 Å². The summed E-state index contributed by atoms with van der Waals surface area (Å²) in [7, 11) is 0. The zero-order valence-electron chi connectivity index (χ0n) is 17.5. The number of halogens is 1. The summed E-state index contributed by atoms with van der Waals surface area (Å²) in [6.07, 6.45) is 5.36. The molecule has 4 rings (SSSR count). The summed E-state index contributed by atoms with van der Waals surface area (Å²) in [6.45, 7) is 2.06. The zero-order chi connectivity index (χ0) is 21.5. The van der Waals surface area contributed by atoms with Crippen LogP contribution in [0.2, 0.25) is 0 Å².